The molecule has 5 rings (SSSR count). The minimum absolute atomic E-state index is 0.0728. The molecule has 7 nitrogen and oxygen atoms in total. The molecule has 1 amide bonds. The molecule has 0 aromatic carbocycles. The van der Waals surface area contributed by atoms with Crippen molar-refractivity contribution < 1.29 is 4.79 Å². The summed E-state index contributed by atoms with van der Waals surface area (Å²) in [7, 11) is 0. The van der Waals surface area contributed by atoms with E-state index in [2.05, 4.69) is 24.6 Å². The highest BCUT2D eigenvalue weighted by atomic mass is 16.2. The van der Waals surface area contributed by atoms with E-state index in [1.54, 1.807) is 12.4 Å². The maximum Gasteiger partial charge on any atom is 0.255 e. The average molecular weight is 380 g/mol. The normalized spacial score (nSPS) is 23.7. The maximum atomic E-state index is 12.8. The van der Waals surface area contributed by atoms with Gasteiger partial charge in [-0.3, -0.25) is 14.7 Å². The highest BCUT2D eigenvalue weighted by Gasteiger charge is 2.33. The van der Waals surface area contributed by atoms with Crippen molar-refractivity contribution in [3.05, 3.63) is 41.7 Å². The van der Waals surface area contributed by atoms with Crippen molar-refractivity contribution in [1.29, 1.82) is 0 Å². The molecule has 1 saturated heterocycles. The molecule has 2 aliphatic heterocycles. The summed E-state index contributed by atoms with van der Waals surface area (Å²) >= 11 is 0. The molecule has 4 heterocycles. The van der Waals surface area contributed by atoms with Gasteiger partial charge < -0.3 is 9.47 Å². The van der Waals surface area contributed by atoms with Crippen LogP contribution in [0, 0.1) is 0 Å². The van der Waals surface area contributed by atoms with Gasteiger partial charge >= 0.3 is 0 Å². The molecule has 2 fully saturated rings. The van der Waals surface area contributed by atoms with Crippen LogP contribution in [0.1, 0.15) is 66.4 Å². The van der Waals surface area contributed by atoms with Gasteiger partial charge in [-0.05, 0) is 37.8 Å². The molecular formula is C21H28N6O. The molecule has 0 spiro atoms. The minimum atomic E-state index is 0.0728. The zero-order valence-electron chi connectivity index (χ0n) is 16.3. The summed E-state index contributed by atoms with van der Waals surface area (Å²) < 4.78 is 2.33. The number of rotatable bonds is 3. The molecule has 1 aliphatic carbocycles. The van der Waals surface area contributed by atoms with Crippen molar-refractivity contribution in [3.8, 4) is 0 Å². The summed E-state index contributed by atoms with van der Waals surface area (Å²) in [6.45, 7) is 4.51. The van der Waals surface area contributed by atoms with Gasteiger partial charge in [0.2, 0.25) is 0 Å². The third kappa shape index (κ3) is 3.32. The number of hydrogen-bond acceptors (Lipinski definition) is 5. The van der Waals surface area contributed by atoms with E-state index in [4.69, 9.17) is 0 Å². The minimum Gasteiger partial charge on any atom is -0.338 e. The molecule has 0 bridgehead atoms. The topological polar surface area (TPSA) is 67.2 Å². The van der Waals surface area contributed by atoms with Gasteiger partial charge in [0.25, 0.3) is 5.91 Å². The van der Waals surface area contributed by atoms with Crippen molar-refractivity contribution >= 4 is 5.91 Å². The van der Waals surface area contributed by atoms with Crippen LogP contribution in [0.4, 0.5) is 0 Å². The Morgan fingerprint density at radius 1 is 1.04 bits per heavy atom. The number of carbonyl (C=O) groups is 1. The number of hydrogen-bond donors (Lipinski definition) is 0. The SMILES string of the molecule is O=C(c1cccnc1)N1CCCC(c2nnc3n2CCN(C2CCCC2)C3)C1. The zero-order chi connectivity index (χ0) is 18.9. The van der Waals surface area contributed by atoms with E-state index in [0.717, 1.165) is 63.3 Å². The van der Waals surface area contributed by atoms with Crippen LogP contribution in [-0.4, -0.2) is 61.1 Å². The second-order valence-corrected chi connectivity index (χ2v) is 8.37. The van der Waals surface area contributed by atoms with E-state index >= 15 is 0 Å². The molecule has 2 aromatic heterocycles. The number of carbonyl (C=O) groups excluding carboxylic acids is 1. The van der Waals surface area contributed by atoms with Crippen LogP contribution in [0.25, 0.3) is 0 Å². The third-order valence-corrected chi connectivity index (χ3v) is 6.63. The fourth-order valence-electron chi connectivity index (χ4n) is 5.13. The first-order valence-electron chi connectivity index (χ1n) is 10.6. The lowest BCUT2D eigenvalue weighted by Crippen LogP contribution is -2.42. The second-order valence-electron chi connectivity index (χ2n) is 8.37. The summed E-state index contributed by atoms with van der Waals surface area (Å²) in [5, 5.41) is 9.12. The van der Waals surface area contributed by atoms with Crippen molar-refractivity contribution in [1.82, 2.24) is 29.5 Å². The van der Waals surface area contributed by atoms with E-state index in [-0.39, 0.29) is 11.8 Å². The fourth-order valence-corrected chi connectivity index (χ4v) is 5.13. The molecule has 1 saturated carbocycles. The lowest BCUT2D eigenvalue weighted by atomic mass is 9.96. The largest absolute Gasteiger partial charge is 0.338 e. The Balaban J connectivity index is 1.30. The van der Waals surface area contributed by atoms with Crippen LogP contribution in [0.3, 0.4) is 0 Å². The molecule has 3 aliphatic rings. The van der Waals surface area contributed by atoms with E-state index in [9.17, 15) is 4.79 Å². The average Bonchev–Trinajstić information content (AvgIpc) is 3.43. The summed E-state index contributed by atoms with van der Waals surface area (Å²) in [5.74, 6) is 2.52. The van der Waals surface area contributed by atoms with Gasteiger partial charge in [-0.25, -0.2) is 0 Å². The van der Waals surface area contributed by atoms with Crippen molar-refractivity contribution in [3.63, 3.8) is 0 Å². The van der Waals surface area contributed by atoms with Gasteiger partial charge in [0.05, 0.1) is 12.1 Å². The molecule has 1 unspecified atom stereocenters. The second kappa shape index (κ2) is 7.62. The van der Waals surface area contributed by atoms with Crippen molar-refractivity contribution in [2.75, 3.05) is 19.6 Å². The maximum absolute atomic E-state index is 12.8. The van der Waals surface area contributed by atoms with E-state index in [1.165, 1.54) is 25.7 Å². The first kappa shape index (κ1) is 17.8. The standard InChI is InChI=1S/C21H28N6O/c28-21(16-5-3-9-22-13-16)26-10-4-6-17(14-26)20-24-23-19-15-25(11-12-27(19)20)18-7-1-2-8-18/h3,5,9,13,17-18H,1-2,4,6-8,10-12,14-15H2. The summed E-state index contributed by atoms with van der Waals surface area (Å²) in [6.07, 6.45) is 10.8. The van der Waals surface area contributed by atoms with Gasteiger partial charge in [0, 0.05) is 50.5 Å². The van der Waals surface area contributed by atoms with Crippen LogP contribution in [0.2, 0.25) is 0 Å². The molecular weight excluding hydrogens is 352 g/mol. The van der Waals surface area contributed by atoms with Crippen LogP contribution >= 0.6 is 0 Å². The number of nitrogens with zero attached hydrogens (tertiary/aromatic N) is 6. The zero-order valence-corrected chi connectivity index (χ0v) is 16.3. The summed E-state index contributed by atoms with van der Waals surface area (Å²) in [6, 6.07) is 4.39. The van der Waals surface area contributed by atoms with E-state index in [0.29, 0.717) is 5.56 Å². The number of piperidine rings is 1. The van der Waals surface area contributed by atoms with Crippen molar-refractivity contribution in [2.45, 2.75) is 63.6 Å². The molecule has 1 atom stereocenters. The molecule has 2 aromatic rings. The van der Waals surface area contributed by atoms with Gasteiger partial charge in [-0.15, -0.1) is 10.2 Å². The van der Waals surface area contributed by atoms with Crippen LogP contribution in [-0.2, 0) is 13.1 Å². The first-order valence-corrected chi connectivity index (χ1v) is 10.6. The van der Waals surface area contributed by atoms with Gasteiger partial charge in [0.15, 0.2) is 0 Å². The molecule has 28 heavy (non-hydrogen) atoms. The Morgan fingerprint density at radius 3 is 2.75 bits per heavy atom. The smallest absolute Gasteiger partial charge is 0.255 e. The van der Waals surface area contributed by atoms with Gasteiger partial charge in [-0.1, -0.05) is 12.8 Å². The lowest BCUT2D eigenvalue weighted by Gasteiger charge is -2.35. The third-order valence-electron chi connectivity index (χ3n) is 6.63. The van der Waals surface area contributed by atoms with E-state index < -0.39 is 0 Å². The highest BCUT2D eigenvalue weighted by Crippen LogP contribution is 2.30. The molecule has 148 valence electrons. The highest BCUT2D eigenvalue weighted by molar-refractivity contribution is 5.93. The number of aromatic nitrogens is 4. The summed E-state index contributed by atoms with van der Waals surface area (Å²) in [5.41, 5.74) is 0.665. The number of amides is 1. The van der Waals surface area contributed by atoms with Crippen molar-refractivity contribution in [2.24, 2.45) is 0 Å². The first-order chi connectivity index (χ1) is 13.8. The Labute approximate surface area is 165 Å². The number of pyridine rings is 1. The van der Waals surface area contributed by atoms with Crippen LogP contribution in [0.5, 0.6) is 0 Å². The Morgan fingerprint density at radius 2 is 1.93 bits per heavy atom. The van der Waals surface area contributed by atoms with Crippen LogP contribution in [0.15, 0.2) is 24.5 Å². The molecule has 0 radical (unpaired) electrons. The summed E-state index contributed by atoms with van der Waals surface area (Å²) in [4.78, 5) is 21.5. The number of likely N-dealkylation sites (tertiary alicyclic amines) is 1. The Bertz CT molecular complexity index is 829. The Kier molecular flexibility index (Phi) is 4.84. The van der Waals surface area contributed by atoms with Crippen LogP contribution < -0.4 is 0 Å². The predicted octanol–water partition coefficient (Wildman–Crippen LogP) is 2.45. The lowest BCUT2D eigenvalue weighted by molar-refractivity contribution is 0.0701. The van der Waals surface area contributed by atoms with Gasteiger partial charge in [0.1, 0.15) is 11.6 Å². The molecule has 0 N–H and O–H groups in total. The van der Waals surface area contributed by atoms with Gasteiger partial charge in [-0.2, -0.15) is 0 Å². The Hall–Kier alpha value is -2.28. The molecule has 7 heteroatoms. The predicted molar refractivity (Wildman–Crippen MR) is 105 cm³/mol. The number of fused-ring (bicyclic) bond motifs is 1. The monoisotopic (exact) mass is 380 g/mol. The van der Waals surface area contributed by atoms with E-state index in [1.807, 2.05) is 17.0 Å². The quantitative estimate of drug-likeness (QED) is 0.818. The fraction of sp³-hybridized carbons (Fsp3) is 0.619.